The first kappa shape index (κ1) is 13.5. The summed E-state index contributed by atoms with van der Waals surface area (Å²) in [6.07, 6.45) is 0. The van der Waals surface area contributed by atoms with E-state index in [1.807, 2.05) is 71.3 Å². The second kappa shape index (κ2) is 5.25. The van der Waals surface area contributed by atoms with Gasteiger partial charge < -0.3 is 0 Å². The summed E-state index contributed by atoms with van der Waals surface area (Å²) in [6, 6.07) is 23.8. The van der Waals surface area contributed by atoms with Crippen molar-refractivity contribution in [1.82, 2.24) is 4.57 Å². The molecule has 0 spiro atoms. The average molecular weight is 397 g/mol. The SMILES string of the molecule is O=c1c2ccccc2c2ccccc2n1-c1ccccc1I. The van der Waals surface area contributed by atoms with E-state index in [9.17, 15) is 4.79 Å². The number of pyridine rings is 1. The quantitative estimate of drug-likeness (QED) is 0.336. The van der Waals surface area contributed by atoms with Gasteiger partial charge in [0.2, 0.25) is 0 Å². The number of para-hydroxylation sites is 2. The fourth-order valence-corrected chi connectivity index (χ4v) is 3.53. The monoisotopic (exact) mass is 397 g/mol. The second-order valence-electron chi connectivity index (χ2n) is 5.15. The van der Waals surface area contributed by atoms with Gasteiger partial charge >= 0.3 is 0 Å². The fourth-order valence-electron chi connectivity index (χ4n) is 2.90. The van der Waals surface area contributed by atoms with Crippen molar-refractivity contribution in [1.29, 1.82) is 0 Å². The Morgan fingerprint density at radius 3 is 2.05 bits per heavy atom. The molecule has 1 heterocycles. The maximum absolute atomic E-state index is 13.1. The Kier molecular flexibility index (Phi) is 3.22. The largest absolute Gasteiger partial charge is 0.275 e. The van der Waals surface area contributed by atoms with Crippen molar-refractivity contribution >= 4 is 44.3 Å². The fraction of sp³-hybridized carbons (Fsp3) is 0. The van der Waals surface area contributed by atoms with Gasteiger partial charge in [0.15, 0.2) is 0 Å². The Balaban J connectivity index is 2.29. The van der Waals surface area contributed by atoms with Gasteiger partial charge in [-0.2, -0.15) is 0 Å². The molecule has 0 saturated heterocycles. The minimum absolute atomic E-state index is 0.0263. The number of hydrogen-bond donors (Lipinski definition) is 0. The van der Waals surface area contributed by atoms with E-state index in [1.165, 1.54) is 0 Å². The highest BCUT2D eigenvalue weighted by Gasteiger charge is 2.12. The standard InChI is InChI=1S/C19H12INO/c20-16-10-4-6-12-18(16)21-17-11-5-3-8-14(17)13-7-1-2-9-15(13)19(21)22/h1-12H. The minimum atomic E-state index is 0.0263. The zero-order valence-electron chi connectivity index (χ0n) is 11.7. The molecule has 0 bridgehead atoms. The number of rotatable bonds is 1. The van der Waals surface area contributed by atoms with Gasteiger partial charge in [-0.3, -0.25) is 9.36 Å². The third-order valence-corrected chi connectivity index (χ3v) is 4.80. The summed E-state index contributed by atoms with van der Waals surface area (Å²) in [4.78, 5) is 13.1. The van der Waals surface area contributed by atoms with Crippen molar-refractivity contribution in [3.8, 4) is 5.69 Å². The molecule has 0 unspecified atom stereocenters. The Morgan fingerprint density at radius 1 is 0.682 bits per heavy atom. The van der Waals surface area contributed by atoms with E-state index in [0.29, 0.717) is 0 Å². The van der Waals surface area contributed by atoms with Crippen LogP contribution in [0.2, 0.25) is 0 Å². The molecule has 106 valence electrons. The molecule has 0 amide bonds. The highest BCUT2D eigenvalue weighted by atomic mass is 127. The van der Waals surface area contributed by atoms with Gasteiger partial charge in [-0.05, 0) is 52.2 Å². The summed E-state index contributed by atoms with van der Waals surface area (Å²) in [6.45, 7) is 0. The van der Waals surface area contributed by atoms with E-state index in [1.54, 1.807) is 0 Å². The van der Waals surface area contributed by atoms with Crippen LogP contribution in [0.4, 0.5) is 0 Å². The van der Waals surface area contributed by atoms with Crippen molar-refractivity contribution < 1.29 is 0 Å². The normalized spacial score (nSPS) is 11.1. The van der Waals surface area contributed by atoms with E-state index >= 15 is 0 Å². The molecule has 3 aromatic carbocycles. The predicted octanol–water partition coefficient (Wildman–Crippen LogP) is 4.75. The first-order chi connectivity index (χ1) is 10.8. The van der Waals surface area contributed by atoms with Crippen LogP contribution in [0.5, 0.6) is 0 Å². The summed E-state index contributed by atoms with van der Waals surface area (Å²) in [7, 11) is 0. The van der Waals surface area contributed by atoms with Crippen LogP contribution in [0.25, 0.3) is 27.4 Å². The molecule has 0 aliphatic carbocycles. The third kappa shape index (κ3) is 1.96. The van der Waals surface area contributed by atoms with E-state index in [4.69, 9.17) is 0 Å². The third-order valence-electron chi connectivity index (χ3n) is 3.89. The summed E-state index contributed by atoms with van der Waals surface area (Å²) >= 11 is 2.28. The highest BCUT2D eigenvalue weighted by Crippen LogP contribution is 2.26. The van der Waals surface area contributed by atoms with Crippen LogP contribution in [0.3, 0.4) is 0 Å². The molecular weight excluding hydrogens is 385 g/mol. The Hall–Kier alpha value is -2.14. The first-order valence-corrected chi connectivity index (χ1v) is 8.12. The van der Waals surface area contributed by atoms with Gasteiger partial charge in [0.1, 0.15) is 0 Å². The van der Waals surface area contributed by atoms with Crippen molar-refractivity contribution in [3.05, 3.63) is 86.7 Å². The van der Waals surface area contributed by atoms with Crippen LogP contribution in [-0.4, -0.2) is 4.57 Å². The Bertz CT molecular complexity index is 1070. The number of benzene rings is 3. The van der Waals surface area contributed by atoms with Gasteiger partial charge in [-0.15, -0.1) is 0 Å². The number of hydrogen-bond acceptors (Lipinski definition) is 1. The maximum Gasteiger partial charge on any atom is 0.263 e. The molecule has 3 heteroatoms. The van der Waals surface area contributed by atoms with E-state index in [0.717, 1.165) is 30.9 Å². The van der Waals surface area contributed by atoms with Gasteiger partial charge in [0, 0.05) is 14.3 Å². The predicted molar refractivity (Wildman–Crippen MR) is 99.8 cm³/mol. The van der Waals surface area contributed by atoms with E-state index in [-0.39, 0.29) is 5.56 Å². The van der Waals surface area contributed by atoms with E-state index in [2.05, 4.69) is 28.7 Å². The molecule has 4 aromatic rings. The highest BCUT2D eigenvalue weighted by molar-refractivity contribution is 14.1. The molecule has 0 radical (unpaired) electrons. The molecule has 0 atom stereocenters. The second-order valence-corrected chi connectivity index (χ2v) is 6.32. The minimum Gasteiger partial charge on any atom is -0.275 e. The van der Waals surface area contributed by atoms with Gasteiger partial charge in [0.05, 0.1) is 11.2 Å². The first-order valence-electron chi connectivity index (χ1n) is 7.05. The van der Waals surface area contributed by atoms with Crippen LogP contribution in [0, 0.1) is 3.57 Å². The maximum atomic E-state index is 13.1. The molecule has 0 fully saturated rings. The molecule has 2 nitrogen and oxygen atoms in total. The zero-order valence-corrected chi connectivity index (χ0v) is 13.8. The summed E-state index contributed by atoms with van der Waals surface area (Å²) in [5.41, 5.74) is 1.89. The number of nitrogens with zero attached hydrogens (tertiary/aromatic N) is 1. The Morgan fingerprint density at radius 2 is 1.27 bits per heavy atom. The topological polar surface area (TPSA) is 22.0 Å². The molecule has 0 saturated carbocycles. The van der Waals surface area contributed by atoms with Crippen LogP contribution in [0.1, 0.15) is 0 Å². The number of fused-ring (bicyclic) bond motifs is 3. The average Bonchev–Trinajstić information content (AvgIpc) is 2.57. The van der Waals surface area contributed by atoms with Crippen molar-refractivity contribution in [2.45, 2.75) is 0 Å². The molecule has 1 aromatic heterocycles. The molecule has 0 N–H and O–H groups in total. The lowest BCUT2D eigenvalue weighted by Crippen LogP contribution is -2.19. The lowest BCUT2D eigenvalue weighted by atomic mass is 10.1. The van der Waals surface area contributed by atoms with Gasteiger partial charge in [-0.25, -0.2) is 0 Å². The van der Waals surface area contributed by atoms with Crippen molar-refractivity contribution in [3.63, 3.8) is 0 Å². The van der Waals surface area contributed by atoms with Crippen molar-refractivity contribution in [2.24, 2.45) is 0 Å². The molecular formula is C19H12INO. The molecule has 4 rings (SSSR count). The number of aromatic nitrogens is 1. The molecule has 0 aliphatic heterocycles. The zero-order chi connectivity index (χ0) is 15.1. The lowest BCUT2D eigenvalue weighted by molar-refractivity contribution is 1.05. The van der Waals surface area contributed by atoms with Gasteiger partial charge in [-0.1, -0.05) is 48.5 Å². The van der Waals surface area contributed by atoms with Crippen molar-refractivity contribution in [2.75, 3.05) is 0 Å². The number of halogens is 1. The van der Waals surface area contributed by atoms with Crippen LogP contribution in [-0.2, 0) is 0 Å². The molecule has 22 heavy (non-hydrogen) atoms. The molecule has 0 aliphatic rings. The van der Waals surface area contributed by atoms with Crippen LogP contribution >= 0.6 is 22.6 Å². The van der Waals surface area contributed by atoms with Crippen LogP contribution < -0.4 is 5.56 Å². The Labute approximate surface area is 141 Å². The summed E-state index contributed by atoms with van der Waals surface area (Å²) in [5, 5.41) is 2.85. The smallest absolute Gasteiger partial charge is 0.263 e. The summed E-state index contributed by atoms with van der Waals surface area (Å²) < 4.78 is 2.88. The van der Waals surface area contributed by atoms with Crippen LogP contribution in [0.15, 0.2) is 77.6 Å². The lowest BCUT2D eigenvalue weighted by Gasteiger charge is -2.14. The van der Waals surface area contributed by atoms with Gasteiger partial charge in [0.25, 0.3) is 5.56 Å². The van der Waals surface area contributed by atoms with E-state index < -0.39 is 0 Å². The summed E-state index contributed by atoms with van der Waals surface area (Å²) in [5.74, 6) is 0.